The van der Waals surface area contributed by atoms with E-state index in [1.165, 1.54) is 43.2 Å². The van der Waals surface area contributed by atoms with Crippen molar-refractivity contribution in [2.24, 2.45) is 5.92 Å². The zero-order valence-electron chi connectivity index (χ0n) is 19.6. The van der Waals surface area contributed by atoms with Crippen molar-refractivity contribution in [3.05, 3.63) is 70.9 Å². The van der Waals surface area contributed by atoms with E-state index in [-0.39, 0.29) is 11.4 Å². The lowest BCUT2D eigenvalue weighted by atomic mass is 9.83. The Morgan fingerprint density at radius 2 is 1.76 bits per heavy atom. The quantitative estimate of drug-likeness (QED) is 0.499. The van der Waals surface area contributed by atoms with E-state index in [9.17, 15) is 4.79 Å². The van der Waals surface area contributed by atoms with Crippen LogP contribution in [0.25, 0.3) is 10.9 Å². The number of hydrogen-bond donors (Lipinski definition) is 1. The van der Waals surface area contributed by atoms with Crippen LogP contribution in [0.4, 0.5) is 0 Å². The predicted octanol–water partition coefficient (Wildman–Crippen LogP) is 6.06. The lowest BCUT2D eigenvalue weighted by molar-refractivity contribution is -0.0806. The van der Waals surface area contributed by atoms with Gasteiger partial charge >= 0.3 is 0 Å². The molecule has 6 rings (SSSR count). The Kier molecular flexibility index (Phi) is 5.38. The maximum atomic E-state index is 14.2. The summed E-state index contributed by atoms with van der Waals surface area (Å²) in [5, 5.41) is 4.52. The maximum absolute atomic E-state index is 14.2. The molecule has 2 fully saturated rings. The number of rotatable bonds is 4. The van der Waals surface area contributed by atoms with Gasteiger partial charge in [-0.2, -0.15) is 0 Å². The number of aromatic nitrogens is 1. The number of para-hydroxylation sites is 1. The third kappa shape index (κ3) is 3.46. The second-order valence-electron chi connectivity index (χ2n) is 10.3. The monoisotopic (exact) mass is 442 g/mol. The summed E-state index contributed by atoms with van der Waals surface area (Å²) in [6.07, 6.45) is 7.92. The van der Waals surface area contributed by atoms with Crippen molar-refractivity contribution in [3.8, 4) is 0 Å². The largest absolute Gasteiger partial charge is 0.354 e. The molecule has 0 unspecified atom stereocenters. The molecule has 172 valence electrons. The second-order valence-corrected chi connectivity index (χ2v) is 10.3. The van der Waals surface area contributed by atoms with Gasteiger partial charge in [0.25, 0.3) is 0 Å². The number of benzene rings is 2. The number of ketones is 1. The average molecular weight is 443 g/mol. The molecular formula is C29H34N2O2. The van der Waals surface area contributed by atoms with E-state index in [2.05, 4.69) is 59.3 Å². The van der Waals surface area contributed by atoms with Crippen molar-refractivity contribution >= 4 is 16.7 Å². The van der Waals surface area contributed by atoms with Gasteiger partial charge in [-0.05, 0) is 68.8 Å². The van der Waals surface area contributed by atoms with Crippen molar-refractivity contribution in [1.29, 1.82) is 0 Å². The maximum Gasteiger partial charge on any atom is 0.198 e. The smallest absolute Gasteiger partial charge is 0.198 e. The van der Waals surface area contributed by atoms with E-state index in [0.29, 0.717) is 5.92 Å². The van der Waals surface area contributed by atoms with Crippen LogP contribution >= 0.6 is 0 Å². The van der Waals surface area contributed by atoms with Gasteiger partial charge in [0.2, 0.25) is 0 Å². The molecule has 2 aromatic carbocycles. The van der Waals surface area contributed by atoms with Crippen LogP contribution in [-0.4, -0.2) is 23.4 Å². The molecule has 3 aliphatic rings. The predicted molar refractivity (Wildman–Crippen MR) is 132 cm³/mol. The molecule has 1 aromatic heterocycles. The number of hydrogen-bond acceptors (Lipinski definition) is 3. The summed E-state index contributed by atoms with van der Waals surface area (Å²) >= 11 is 0. The van der Waals surface area contributed by atoms with Crippen LogP contribution in [0.1, 0.15) is 78.2 Å². The summed E-state index contributed by atoms with van der Waals surface area (Å²) in [7, 11) is 0. The van der Waals surface area contributed by atoms with Crippen LogP contribution in [0.3, 0.4) is 0 Å². The highest BCUT2D eigenvalue weighted by Crippen LogP contribution is 2.50. The lowest BCUT2D eigenvalue weighted by Crippen LogP contribution is -2.40. The molecule has 1 N–H and O–H groups in total. The fourth-order valence-corrected chi connectivity index (χ4v) is 6.64. The van der Waals surface area contributed by atoms with Crippen molar-refractivity contribution < 1.29 is 9.53 Å². The topological polar surface area (TPSA) is 43.3 Å². The summed E-state index contributed by atoms with van der Waals surface area (Å²) in [5.41, 5.74) is 5.08. The first-order valence-corrected chi connectivity index (χ1v) is 12.8. The molecule has 0 amide bonds. The number of fused-ring (bicyclic) bond motifs is 3. The van der Waals surface area contributed by atoms with E-state index < -0.39 is 6.10 Å². The molecule has 1 spiro atoms. The number of carbonyl (C=O) groups excluding carboxylic acids is 1. The number of Topliss-reactive ketones (excluding diaryl/α,β-unsaturated/α-hetero) is 1. The van der Waals surface area contributed by atoms with Gasteiger partial charge in [0, 0.05) is 28.7 Å². The Balaban J connectivity index is 1.41. The molecule has 0 radical (unpaired) electrons. The third-order valence-corrected chi connectivity index (χ3v) is 8.37. The molecule has 1 saturated carbocycles. The highest BCUT2D eigenvalue weighted by molar-refractivity contribution is 6.12. The van der Waals surface area contributed by atoms with E-state index in [4.69, 9.17) is 4.74 Å². The Hall–Kier alpha value is -2.43. The number of nitrogens with one attached hydrogen (secondary N) is 1. The van der Waals surface area contributed by atoms with Gasteiger partial charge in [0.1, 0.15) is 6.10 Å². The normalized spacial score (nSPS) is 22.6. The Labute approximate surface area is 196 Å². The number of nitrogens with zero attached hydrogens (tertiary/aromatic N) is 1. The molecule has 33 heavy (non-hydrogen) atoms. The van der Waals surface area contributed by atoms with Gasteiger partial charge in [0.15, 0.2) is 5.78 Å². The van der Waals surface area contributed by atoms with Crippen LogP contribution in [0, 0.1) is 12.8 Å². The molecule has 3 heterocycles. The SMILES string of the molecule is Cc1c(C(=O)[C@@H]2OC3(CCNCC3)c3ccccc32)c2ccccc2n1CC1CCCCC1. The molecule has 1 aliphatic carbocycles. The van der Waals surface area contributed by atoms with Gasteiger partial charge < -0.3 is 14.6 Å². The minimum atomic E-state index is -0.521. The van der Waals surface area contributed by atoms with Crippen LogP contribution in [0.15, 0.2) is 48.5 Å². The summed E-state index contributed by atoms with van der Waals surface area (Å²) < 4.78 is 9.16. The Morgan fingerprint density at radius 3 is 2.58 bits per heavy atom. The highest BCUT2D eigenvalue weighted by Gasteiger charge is 2.48. The second kappa shape index (κ2) is 8.41. The fourth-order valence-electron chi connectivity index (χ4n) is 6.64. The van der Waals surface area contributed by atoms with E-state index in [1.807, 2.05) is 6.07 Å². The molecule has 1 atom stereocenters. The van der Waals surface area contributed by atoms with Crippen LogP contribution in [-0.2, 0) is 16.9 Å². The molecule has 4 heteroatoms. The summed E-state index contributed by atoms with van der Waals surface area (Å²) in [6.45, 7) is 5.00. The third-order valence-electron chi connectivity index (χ3n) is 8.37. The van der Waals surface area contributed by atoms with Crippen molar-refractivity contribution in [3.63, 3.8) is 0 Å². The number of ether oxygens (including phenoxy) is 1. The highest BCUT2D eigenvalue weighted by atomic mass is 16.5. The Bertz CT molecular complexity index is 1180. The van der Waals surface area contributed by atoms with Gasteiger partial charge in [-0.25, -0.2) is 0 Å². The average Bonchev–Trinajstić information content (AvgIpc) is 3.32. The minimum Gasteiger partial charge on any atom is -0.354 e. The van der Waals surface area contributed by atoms with Crippen LogP contribution in [0.5, 0.6) is 0 Å². The first-order valence-electron chi connectivity index (χ1n) is 12.8. The van der Waals surface area contributed by atoms with Crippen LogP contribution < -0.4 is 5.32 Å². The van der Waals surface area contributed by atoms with Crippen molar-refractivity contribution in [2.75, 3.05) is 13.1 Å². The first kappa shape index (κ1) is 21.1. The molecule has 3 aromatic rings. The lowest BCUT2D eigenvalue weighted by Gasteiger charge is -2.34. The Morgan fingerprint density at radius 1 is 1.03 bits per heavy atom. The van der Waals surface area contributed by atoms with Crippen molar-refractivity contribution in [2.45, 2.75) is 70.1 Å². The minimum absolute atomic E-state index is 0.119. The summed E-state index contributed by atoms with van der Waals surface area (Å²) in [6, 6.07) is 16.9. The molecule has 2 aliphatic heterocycles. The van der Waals surface area contributed by atoms with Crippen molar-refractivity contribution in [1.82, 2.24) is 9.88 Å². The first-order chi connectivity index (χ1) is 16.2. The van der Waals surface area contributed by atoms with Gasteiger partial charge in [-0.3, -0.25) is 4.79 Å². The zero-order valence-corrected chi connectivity index (χ0v) is 19.6. The molecular weight excluding hydrogens is 408 g/mol. The molecule has 0 bridgehead atoms. The summed E-state index contributed by atoms with van der Waals surface area (Å²) in [5.74, 6) is 0.826. The van der Waals surface area contributed by atoms with E-state index >= 15 is 0 Å². The van der Waals surface area contributed by atoms with Gasteiger partial charge in [-0.1, -0.05) is 61.7 Å². The van der Waals surface area contributed by atoms with Gasteiger partial charge in [-0.15, -0.1) is 0 Å². The van der Waals surface area contributed by atoms with Gasteiger partial charge in [0.05, 0.1) is 5.60 Å². The van der Waals surface area contributed by atoms with E-state index in [0.717, 1.165) is 54.7 Å². The van der Waals surface area contributed by atoms with E-state index in [1.54, 1.807) is 0 Å². The number of piperidine rings is 1. The molecule has 1 saturated heterocycles. The number of carbonyl (C=O) groups is 1. The standard InChI is InChI=1S/C29H34N2O2/c1-20-26(23-12-6-8-14-25(23)31(20)19-21-9-3-2-4-10-21)27(32)28-22-11-5-7-13-24(22)29(33-28)15-17-30-18-16-29/h5-8,11-14,21,28,30H,2-4,9-10,15-19H2,1H3/t28-/m1/s1. The molecule has 4 nitrogen and oxygen atoms in total. The summed E-state index contributed by atoms with van der Waals surface area (Å²) in [4.78, 5) is 14.2. The zero-order chi connectivity index (χ0) is 22.4. The fraction of sp³-hybridized carbons (Fsp3) is 0.483. The van der Waals surface area contributed by atoms with Crippen LogP contribution in [0.2, 0.25) is 0 Å².